The highest BCUT2D eigenvalue weighted by Gasteiger charge is 2.19. The molecule has 2 heterocycles. The number of fused-ring (bicyclic) bond motifs is 1. The minimum atomic E-state index is -0.0600. The molecule has 0 aliphatic carbocycles. The topological polar surface area (TPSA) is 47.4 Å². The smallest absolute Gasteiger partial charge is 0.266 e. The van der Waals surface area contributed by atoms with Crippen molar-refractivity contribution in [1.29, 1.82) is 0 Å². The highest BCUT2D eigenvalue weighted by Crippen LogP contribution is 2.28. The predicted molar refractivity (Wildman–Crippen MR) is 135 cm³/mol. The molecule has 0 bridgehead atoms. The molecule has 0 unspecified atom stereocenters. The Morgan fingerprint density at radius 1 is 0.939 bits per heavy atom. The van der Waals surface area contributed by atoms with Crippen molar-refractivity contribution in [3.8, 4) is 22.8 Å². The van der Waals surface area contributed by atoms with E-state index in [4.69, 9.17) is 9.72 Å². The molecule has 1 fully saturated rings. The van der Waals surface area contributed by atoms with Gasteiger partial charge in [-0.15, -0.1) is 0 Å². The van der Waals surface area contributed by atoms with Gasteiger partial charge in [-0.25, -0.2) is 4.98 Å². The zero-order chi connectivity index (χ0) is 22.8. The maximum Gasteiger partial charge on any atom is 0.266 e. The highest BCUT2D eigenvalue weighted by atomic mass is 16.5. The summed E-state index contributed by atoms with van der Waals surface area (Å²) in [6.45, 7) is 6.91. The molecular weight excluding hydrogens is 410 g/mol. The first-order valence-electron chi connectivity index (χ1n) is 11.7. The average Bonchev–Trinajstić information content (AvgIpc) is 2.86. The zero-order valence-electron chi connectivity index (χ0n) is 19.2. The van der Waals surface area contributed by atoms with Crippen LogP contribution in [-0.4, -0.2) is 29.2 Å². The maximum atomic E-state index is 13.9. The molecule has 0 atom stereocenters. The predicted octanol–water partition coefficient (Wildman–Crippen LogP) is 5.69. The van der Waals surface area contributed by atoms with Gasteiger partial charge in [0, 0.05) is 24.3 Å². The van der Waals surface area contributed by atoms with Gasteiger partial charge in [0.2, 0.25) is 0 Å². The lowest BCUT2D eigenvalue weighted by Gasteiger charge is -2.32. The van der Waals surface area contributed by atoms with Gasteiger partial charge in [0.1, 0.15) is 11.6 Å². The Kier molecular flexibility index (Phi) is 5.86. The Labute approximate surface area is 194 Å². The van der Waals surface area contributed by atoms with Crippen LogP contribution in [0.3, 0.4) is 0 Å². The summed E-state index contributed by atoms with van der Waals surface area (Å²) in [5.74, 6) is 2.18. The van der Waals surface area contributed by atoms with E-state index in [1.807, 2.05) is 73.7 Å². The molecule has 0 N–H and O–H groups in total. The van der Waals surface area contributed by atoms with Crippen molar-refractivity contribution in [3.05, 3.63) is 83.2 Å². The molecule has 168 valence electrons. The molecule has 1 saturated heterocycles. The summed E-state index contributed by atoms with van der Waals surface area (Å²) in [4.78, 5) is 21.2. The number of aromatic nitrogens is 2. The molecule has 0 saturated carbocycles. The quantitative estimate of drug-likeness (QED) is 0.401. The Balaban J connectivity index is 1.67. The minimum absolute atomic E-state index is 0.0600. The summed E-state index contributed by atoms with van der Waals surface area (Å²) in [7, 11) is 0. The molecule has 1 aliphatic heterocycles. The fraction of sp³-hybridized carbons (Fsp3) is 0.286. The molecule has 5 rings (SSSR count). The van der Waals surface area contributed by atoms with Crippen LogP contribution >= 0.6 is 0 Å². The van der Waals surface area contributed by atoms with Crippen molar-refractivity contribution >= 4 is 16.6 Å². The van der Waals surface area contributed by atoms with Gasteiger partial charge in [-0.1, -0.05) is 37.3 Å². The van der Waals surface area contributed by atoms with Gasteiger partial charge in [-0.2, -0.15) is 0 Å². The molecule has 3 aromatic carbocycles. The van der Waals surface area contributed by atoms with Gasteiger partial charge in [-0.3, -0.25) is 9.36 Å². The molecule has 0 amide bonds. The first-order chi connectivity index (χ1) is 16.1. The van der Waals surface area contributed by atoms with Crippen LogP contribution in [0.5, 0.6) is 5.75 Å². The summed E-state index contributed by atoms with van der Waals surface area (Å²) in [5.41, 5.74) is 3.43. The Hall–Kier alpha value is -3.60. The van der Waals surface area contributed by atoms with Crippen molar-refractivity contribution in [1.82, 2.24) is 9.55 Å². The Bertz CT molecular complexity index is 1310. The van der Waals surface area contributed by atoms with Crippen LogP contribution in [0.15, 0.2) is 77.6 Å². The second-order valence-electron chi connectivity index (χ2n) is 8.74. The van der Waals surface area contributed by atoms with Crippen molar-refractivity contribution in [2.45, 2.75) is 26.7 Å². The van der Waals surface area contributed by atoms with E-state index in [-0.39, 0.29) is 5.56 Å². The summed E-state index contributed by atoms with van der Waals surface area (Å²) in [6.07, 6.45) is 2.36. The van der Waals surface area contributed by atoms with Gasteiger partial charge in [0.15, 0.2) is 0 Å². The monoisotopic (exact) mass is 439 g/mol. The van der Waals surface area contributed by atoms with E-state index in [2.05, 4.69) is 17.9 Å². The maximum absolute atomic E-state index is 13.9. The van der Waals surface area contributed by atoms with Crippen LogP contribution in [0.1, 0.15) is 26.7 Å². The molecule has 5 nitrogen and oxygen atoms in total. The summed E-state index contributed by atoms with van der Waals surface area (Å²) >= 11 is 0. The average molecular weight is 440 g/mol. The molecule has 0 spiro atoms. The van der Waals surface area contributed by atoms with E-state index in [0.29, 0.717) is 17.8 Å². The molecule has 1 aromatic heterocycles. The second kappa shape index (κ2) is 9.10. The molecule has 0 radical (unpaired) electrons. The van der Waals surface area contributed by atoms with E-state index < -0.39 is 0 Å². The number of piperidine rings is 1. The van der Waals surface area contributed by atoms with E-state index >= 15 is 0 Å². The van der Waals surface area contributed by atoms with Crippen LogP contribution in [-0.2, 0) is 0 Å². The lowest BCUT2D eigenvalue weighted by atomic mass is 9.98. The lowest BCUT2D eigenvalue weighted by Crippen LogP contribution is -2.32. The number of hydrogen-bond donors (Lipinski definition) is 0. The van der Waals surface area contributed by atoms with E-state index in [1.165, 1.54) is 12.8 Å². The van der Waals surface area contributed by atoms with E-state index in [0.717, 1.165) is 47.2 Å². The first-order valence-corrected chi connectivity index (χ1v) is 11.7. The number of ether oxygens (including phenoxy) is 1. The number of benzene rings is 3. The SMILES string of the molecule is CCOc1ccc(-n2c(-c3ccccc3)nc3ccc(N4CCC(C)CC4)cc3c2=O)cc1. The Morgan fingerprint density at radius 3 is 2.33 bits per heavy atom. The molecule has 33 heavy (non-hydrogen) atoms. The van der Waals surface area contributed by atoms with E-state index in [9.17, 15) is 4.79 Å². The van der Waals surface area contributed by atoms with Crippen molar-refractivity contribution in [2.24, 2.45) is 5.92 Å². The molecule has 5 heteroatoms. The number of nitrogens with zero attached hydrogens (tertiary/aromatic N) is 3. The largest absolute Gasteiger partial charge is 0.494 e. The van der Waals surface area contributed by atoms with Crippen LogP contribution in [0, 0.1) is 5.92 Å². The molecular formula is C28H29N3O2. The fourth-order valence-corrected chi connectivity index (χ4v) is 4.52. The lowest BCUT2D eigenvalue weighted by molar-refractivity contribution is 0.340. The Morgan fingerprint density at radius 2 is 1.64 bits per heavy atom. The van der Waals surface area contributed by atoms with Crippen LogP contribution < -0.4 is 15.2 Å². The van der Waals surface area contributed by atoms with Crippen molar-refractivity contribution in [3.63, 3.8) is 0 Å². The molecule has 1 aliphatic rings. The summed E-state index contributed by atoms with van der Waals surface area (Å²) in [5, 5.41) is 0.639. The van der Waals surface area contributed by atoms with Gasteiger partial charge in [-0.05, 0) is 68.1 Å². The summed E-state index contributed by atoms with van der Waals surface area (Å²) < 4.78 is 7.31. The van der Waals surface area contributed by atoms with Crippen molar-refractivity contribution in [2.75, 3.05) is 24.6 Å². The number of rotatable bonds is 5. The van der Waals surface area contributed by atoms with E-state index in [1.54, 1.807) is 4.57 Å². The third-order valence-electron chi connectivity index (χ3n) is 6.44. The first kappa shape index (κ1) is 21.3. The van der Waals surface area contributed by atoms with Crippen LogP contribution in [0.25, 0.3) is 28.0 Å². The fourth-order valence-electron chi connectivity index (χ4n) is 4.52. The van der Waals surface area contributed by atoms with Crippen LogP contribution in [0.4, 0.5) is 5.69 Å². The van der Waals surface area contributed by atoms with Gasteiger partial charge in [0.05, 0.1) is 23.2 Å². The van der Waals surface area contributed by atoms with Gasteiger partial charge in [0.25, 0.3) is 5.56 Å². The van der Waals surface area contributed by atoms with Crippen molar-refractivity contribution < 1.29 is 4.74 Å². The third-order valence-corrected chi connectivity index (χ3v) is 6.44. The van der Waals surface area contributed by atoms with Gasteiger partial charge >= 0.3 is 0 Å². The zero-order valence-corrected chi connectivity index (χ0v) is 19.2. The molecule has 4 aromatic rings. The third kappa shape index (κ3) is 4.23. The van der Waals surface area contributed by atoms with Gasteiger partial charge < -0.3 is 9.64 Å². The normalized spacial score (nSPS) is 14.5. The second-order valence-corrected chi connectivity index (χ2v) is 8.74. The number of hydrogen-bond acceptors (Lipinski definition) is 4. The standard InChI is InChI=1S/C28H29N3O2/c1-3-33-24-12-9-22(10-13-24)31-27(21-7-5-4-6-8-21)29-26-14-11-23(19-25(26)28(31)32)30-17-15-20(2)16-18-30/h4-14,19-20H,3,15-18H2,1-2H3. The number of anilines is 1. The summed E-state index contributed by atoms with van der Waals surface area (Å²) in [6, 6.07) is 23.6. The highest BCUT2D eigenvalue weighted by molar-refractivity contribution is 5.84. The van der Waals surface area contributed by atoms with Crippen LogP contribution in [0.2, 0.25) is 0 Å². The minimum Gasteiger partial charge on any atom is -0.494 e.